The second-order valence-electron chi connectivity index (χ2n) is 4.66. The van der Waals surface area contributed by atoms with Gasteiger partial charge in [0.25, 0.3) is 0 Å². The highest BCUT2D eigenvalue weighted by molar-refractivity contribution is 7.99. The first kappa shape index (κ1) is 11.7. The molecule has 1 fully saturated rings. The number of hydrogen-bond acceptors (Lipinski definition) is 5. The third-order valence-corrected chi connectivity index (χ3v) is 5.74. The molecule has 1 saturated carbocycles. The predicted octanol–water partition coefficient (Wildman–Crippen LogP) is 2.98. The van der Waals surface area contributed by atoms with E-state index < -0.39 is 0 Å². The van der Waals surface area contributed by atoms with Gasteiger partial charge in [-0.1, -0.05) is 12.8 Å². The zero-order chi connectivity index (χ0) is 11.7. The predicted molar refractivity (Wildman–Crippen MR) is 75.0 cm³/mol. The zero-order valence-corrected chi connectivity index (χ0v) is 11.4. The molecule has 5 heteroatoms. The maximum Gasteiger partial charge on any atom is 0.140 e. The summed E-state index contributed by atoms with van der Waals surface area (Å²) in [5, 5.41) is 0.822. The molecule has 1 aromatic rings. The fraction of sp³-hybridized carbons (Fsp3) is 0.667. The Hall–Kier alpha value is -0.420. The van der Waals surface area contributed by atoms with Crippen molar-refractivity contribution in [1.29, 1.82) is 0 Å². The van der Waals surface area contributed by atoms with Gasteiger partial charge < -0.3 is 5.73 Å². The van der Waals surface area contributed by atoms with Crippen LogP contribution in [-0.4, -0.2) is 15.2 Å². The maximum atomic E-state index is 5.98. The van der Waals surface area contributed by atoms with Crippen LogP contribution in [0.25, 0.3) is 0 Å². The molecule has 2 heterocycles. The molecule has 1 aliphatic carbocycles. The van der Waals surface area contributed by atoms with Crippen LogP contribution in [0.5, 0.6) is 0 Å². The van der Waals surface area contributed by atoms with Crippen LogP contribution in [0.4, 0.5) is 5.82 Å². The highest BCUT2D eigenvalue weighted by Gasteiger charge is 2.20. The Labute approximate surface area is 110 Å². The van der Waals surface area contributed by atoms with Gasteiger partial charge in [-0.25, -0.2) is 9.97 Å². The number of anilines is 1. The van der Waals surface area contributed by atoms with E-state index >= 15 is 0 Å². The zero-order valence-electron chi connectivity index (χ0n) is 9.82. The molecule has 92 valence electrons. The van der Waals surface area contributed by atoms with Gasteiger partial charge >= 0.3 is 0 Å². The lowest BCUT2D eigenvalue weighted by molar-refractivity contribution is 0.886. The maximum absolute atomic E-state index is 5.98. The summed E-state index contributed by atoms with van der Waals surface area (Å²) < 4.78 is 0. The summed E-state index contributed by atoms with van der Waals surface area (Å²) in [5.41, 5.74) is 8.32. The van der Waals surface area contributed by atoms with Crippen molar-refractivity contribution < 1.29 is 0 Å². The molecular formula is C12H17N3S2. The average Bonchev–Trinajstić information content (AvgIpc) is 2.97. The SMILES string of the molecule is Nc1nc(CSC2CCCC2)nc2c1CSC2. The summed E-state index contributed by atoms with van der Waals surface area (Å²) in [4.78, 5) is 9.08. The monoisotopic (exact) mass is 267 g/mol. The Balaban J connectivity index is 1.68. The standard InChI is InChI=1S/C12H17N3S2/c13-12-9-5-16-6-10(9)14-11(15-12)7-17-8-3-1-2-4-8/h8H,1-7H2,(H2,13,14,15). The fourth-order valence-electron chi connectivity index (χ4n) is 2.44. The van der Waals surface area contributed by atoms with Gasteiger partial charge in [-0.05, 0) is 12.8 Å². The van der Waals surface area contributed by atoms with Crippen molar-refractivity contribution in [1.82, 2.24) is 9.97 Å². The lowest BCUT2D eigenvalue weighted by Crippen LogP contribution is -2.06. The van der Waals surface area contributed by atoms with Crippen LogP contribution in [0, 0.1) is 0 Å². The van der Waals surface area contributed by atoms with Crippen molar-refractivity contribution in [2.24, 2.45) is 0 Å². The molecular weight excluding hydrogens is 250 g/mol. The van der Waals surface area contributed by atoms with E-state index in [-0.39, 0.29) is 0 Å². The van der Waals surface area contributed by atoms with E-state index in [0.29, 0.717) is 5.82 Å². The van der Waals surface area contributed by atoms with Crippen LogP contribution in [-0.2, 0) is 17.3 Å². The van der Waals surface area contributed by atoms with Gasteiger partial charge in [0.2, 0.25) is 0 Å². The van der Waals surface area contributed by atoms with Crippen LogP contribution >= 0.6 is 23.5 Å². The topological polar surface area (TPSA) is 51.8 Å². The Morgan fingerprint density at radius 1 is 1.24 bits per heavy atom. The van der Waals surface area contributed by atoms with Crippen LogP contribution in [0.3, 0.4) is 0 Å². The highest BCUT2D eigenvalue weighted by Crippen LogP contribution is 2.34. The molecule has 0 radical (unpaired) electrons. The molecule has 2 N–H and O–H groups in total. The van der Waals surface area contributed by atoms with Gasteiger partial charge in [-0.15, -0.1) is 0 Å². The largest absolute Gasteiger partial charge is 0.383 e. The quantitative estimate of drug-likeness (QED) is 0.912. The Morgan fingerprint density at radius 3 is 2.88 bits per heavy atom. The summed E-state index contributed by atoms with van der Waals surface area (Å²) in [7, 11) is 0. The van der Waals surface area contributed by atoms with E-state index in [0.717, 1.165) is 28.3 Å². The first-order chi connectivity index (χ1) is 8.33. The number of nitrogens with two attached hydrogens (primary N) is 1. The van der Waals surface area contributed by atoms with Crippen molar-refractivity contribution in [3.8, 4) is 0 Å². The Morgan fingerprint density at radius 2 is 2.06 bits per heavy atom. The number of nitrogen functional groups attached to an aromatic ring is 1. The minimum Gasteiger partial charge on any atom is -0.383 e. The second kappa shape index (κ2) is 5.06. The molecule has 0 unspecified atom stereocenters. The summed E-state index contributed by atoms with van der Waals surface area (Å²) in [6.45, 7) is 0. The normalized spacial score (nSPS) is 19.8. The molecule has 0 saturated heterocycles. The lowest BCUT2D eigenvalue weighted by atomic mass is 10.2. The molecule has 0 bridgehead atoms. The summed E-state index contributed by atoms with van der Waals surface area (Å²) >= 11 is 3.88. The van der Waals surface area contributed by atoms with E-state index in [1.165, 1.54) is 36.9 Å². The van der Waals surface area contributed by atoms with Crippen molar-refractivity contribution in [3.63, 3.8) is 0 Å². The number of aromatic nitrogens is 2. The lowest BCUT2D eigenvalue weighted by Gasteiger charge is -2.09. The minimum atomic E-state index is 0.710. The molecule has 0 amide bonds. The molecule has 0 atom stereocenters. The Bertz CT molecular complexity index is 416. The highest BCUT2D eigenvalue weighted by atomic mass is 32.2. The molecule has 1 aromatic heterocycles. The molecule has 0 aromatic carbocycles. The van der Waals surface area contributed by atoms with E-state index in [1.807, 2.05) is 23.5 Å². The Kier molecular flexibility index (Phi) is 3.47. The van der Waals surface area contributed by atoms with Gasteiger partial charge in [0.1, 0.15) is 11.6 Å². The molecule has 2 aliphatic rings. The fourth-order valence-corrected chi connectivity index (χ4v) is 4.67. The van der Waals surface area contributed by atoms with Gasteiger partial charge in [-0.2, -0.15) is 23.5 Å². The van der Waals surface area contributed by atoms with Gasteiger partial charge in [0, 0.05) is 22.3 Å². The molecule has 3 rings (SSSR count). The number of rotatable bonds is 3. The van der Waals surface area contributed by atoms with Crippen molar-refractivity contribution in [3.05, 3.63) is 17.1 Å². The van der Waals surface area contributed by atoms with E-state index in [9.17, 15) is 0 Å². The first-order valence-electron chi connectivity index (χ1n) is 6.16. The van der Waals surface area contributed by atoms with Crippen LogP contribution in [0.15, 0.2) is 0 Å². The third kappa shape index (κ3) is 2.55. The van der Waals surface area contributed by atoms with Crippen LogP contribution < -0.4 is 5.73 Å². The number of fused-ring (bicyclic) bond motifs is 1. The number of hydrogen-bond donors (Lipinski definition) is 1. The number of nitrogens with zero attached hydrogens (tertiary/aromatic N) is 2. The van der Waals surface area contributed by atoms with Crippen molar-refractivity contribution >= 4 is 29.3 Å². The van der Waals surface area contributed by atoms with E-state index in [4.69, 9.17) is 5.73 Å². The van der Waals surface area contributed by atoms with Gasteiger partial charge in [0.15, 0.2) is 0 Å². The van der Waals surface area contributed by atoms with Gasteiger partial charge in [-0.3, -0.25) is 0 Å². The second-order valence-corrected chi connectivity index (χ2v) is 6.93. The molecule has 3 nitrogen and oxygen atoms in total. The van der Waals surface area contributed by atoms with E-state index in [2.05, 4.69) is 9.97 Å². The van der Waals surface area contributed by atoms with Crippen molar-refractivity contribution in [2.75, 3.05) is 5.73 Å². The summed E-state index contributed by atoms with van der Waals surface area (Å²) in [6, 6.07) is 0. The smallest absolute Gasteiger partial charge is 0.140 e. The third-order valence-electron chi connectivity index (χ3n) is 3.41. The number of thioether (sulfide) groups is 2. The minimum absolute atomic E-state index is 0.710. The van der Waals surface area contributed by atoms with E-state index in [1.54, 1.807) is 0 Å². The first-order valence-corrected chi connectivity index (χ1v) is 8.37. The summed E-state index contributed by atoms with van der Waals surface area (Å²) in [5.74, 6) is 4.55. The van der Waals surface area contributed by atoms with Gasteiger partial charge in [0.05, 0.1) is 11.4 Å². The van der Waals surface area contributed by atoms with Crippen LogP contribution in [0.2, 0.25) is 0 Å². The van der Waals surface area contributed by atoms with Crippen LogP contribution in [0.1, 0.15) is 42.8 Å². The molecule has 1 aliphatic heterocycles. The van der Waals surface area contributed by atoms with Crippen molar-refractivity contribution in [2.45, 2.75) is 48.2 Å². The molecule has 17 heavy (non-hydrogen) atoms. The molecule has 0 spiro atoms. The summed E-state index contributed by atoms with van der Waals surface area (Å²) in [6.07, 6.45) is 5.50. The average molecular weight is 267 g/mol.